The van der Waals surface area contributed by atoms with Crippen LogP contribution in [0.15, 0.2) is 35.5 Å². The second-order valence-corrected chi connectivity index (χ2v) is 4.64. The predicted molar refractivity (Wildman–Crippen MR) is 81.9 cm³/mol. The molecule has 110 valence electrons. The molecule has 0 atom stereocenters. The smallest absolute Gasteiger partial charge is 0.216 e. The van der Waals surface area contributed by atoms with Crippen LogP contribution in [0.3, 0.4) is 0 Å². The van der Waals surface area contributed by atoms with Crippen LogP contribution in [0.5, 0.6) is 0 Å². The summed E-state index contributed by atoms with van der Waals surface area (Å²) in [6, 6.07) is 9.83. The van der Waals surface area contributed by atoms with Gasteiger partial charge in [0, 0.05) is 30.5 Å². The molecule has 2 heterocycles. The van der Waals surface area contributed by atoms with Gasteiger partial charge in [-0.05, 0) is 35.9 Å². The van der Waals surface area contributed by atoms with Crippen LogP contribution in [-0.2, 0) is 0 Å². The number of aliphatic imine (C=N–C) groups is 1. The molecule has 3 N–H and O–H groups in total. The first-order valence-corrected chi connectivity index (χ1v) is 6.86. The Morgan fingerprint density at radius 3 is 2.82 bits per heavy atom. The molecule has 2 aromatic rings. The largest absolute Gasteiger partial charge is 0.370 e. The van der Waals surface area contributed by atoms with Gasteiger partial charge in [-0.2, -0.15) is 10.5 Å². The van der Waals surface area contributed by atoms with Gasteiger partial charge in [0.2, 0.25) is 5.82 Å². The molecule has 0 saturated heterocycles. The first-order chi connectivity index (χ1) is 10.9. The normalized spacial score (nSPS) is 14.7. The van der Waals surface area contributed by atoms with E-state index in [9.17, 15) is 0 Å². The molecule has 1 aromatic carbocycles. The lowest BCUT2D eigenvalue weighted by Gasteiger charge is -2.14. The van der Waals surface area contributed by atoms with Crippen molar-refractivity contribution in [3.05, 3.63) is 41.9 Å². The van der Waals surface area contributed by atoms with Crippen molar-refractivity contribution in [2.75, 3.05) is 18.4 Å². The van der Waals surface area contributed by atoms with Crippen LogP contribution >= 0.6 is 0 Å². The molecule has 8 nitrogen and oxygen atoms in total. The molecule has 1 aromatic heterocycles. The standard InChI is InChI=1S/C14H14N8/c15-8-11(14-19-21-22-20-14)9-18-12-4-2-10(3-5-12)13-16-6-1-7-17-13/h2-5,9,18H,1,6-7H2,(H,16,17)(H,19,20,21,22). The van der Waals surface area contributed by atoms with Crippen LogP contribution < -0.4 is 10.6 Å². The topological polar surface area (TPSA) is 115 Å². The third-order valence-electron chi connectivity index (χ3n) is 3.15. The summed E-state index contributed by atoms with van der Waals surface area (Å²) in [5.41, 5.74) is 2.21. The zero-order valence-corrected chi connectivity index (χ0v) is 11.7. The van der Waals surface area contributed by atoms with E-state index < -0.39 is 0 Å². The molecule has 1 aliphatic heterocycles. The average molecular weight is 294 g/mol. The van der Waals surface area contributed by atoms with Crippen LogP contribution in [0.2, 0.25) is 0 Å². The number of nitrogens with one attached hydrogen (secondary N) is 3. The van der Waals surface area contributed by atoms with Crippen molar-refractivity contribution in [2.45, 2.75) is 6.42 Å². The van der Waals surface area contributed by atoms with Crippen LogP contribution in [0.1, 0.15) is 17.8 Å². The molecule has 1 aliphatic rings. The van der Waals surface area contributed by atoms with Gasteiger partial charge in [-0.3, -0.25) is 4.99 Å². The Kier molecular flexibility index (Phi) is 4.06. The zero-order chi connectivity index (χ0) is 15.2. The molecule has 0 fully saturated rings. The van der Waals surface area contributed by atoms with Crippen molar-refractivity contribution in [1.82, 2.24) is 25.9 Å². The van der Waals surface area contributed by atoms with Gasteiger partial charge < -0.3 is 10.6 Å². The first-order valence-electron chi connectivity index (χ1n) is 6.86. The number of anilines is 1. The molecule has 0 bridgehead atoms. The number of hydrogen-bond donors (Lipinski definition) is 3. The lowest BCUT2D eigenvalue weighted by molar-refractivity contribution is 0.742. The molecular weight excluding hydrogens is 280 g/mol. The number of aromatic nitrogens is 4. The summed E-state index contributed by atoms with van der Waals surface area (Å²) in [5, 5.41) is 28.7. The van der Waals surface area contributed by atoms with E-state index in [0.717, 1.165) is 36.6 Å². The number of tetrazole rings is 1. The van der Waals surface area contributed by atoms with Crippen LogP contribution in [0.25, 0.3) is 5.57 Å². The van der Waals surface area contributed by atoms with E-state index in [-0.39, 0.29) is 5.82 Å². The van der Waals surface area contributed by atoms with Gasteiger partial charge >= 0.3 is 0 Å². The molecule has 0 unspecified atom stereocenters. The van der Waals surface area contributed by atoms with E-state index in [1.807, 2.05) is 30.3 Å². The number of aromatic amines is 1. The Hall–Kier alpha value is -3.21. The SMILES string of the molecule is N#CC(=CNc1ccc(C2=NCCCN2)cc1)c1nn[nH]n1. The number of amidine groups is 1. The fourth-order valence-electron chi connectivity index (χ4n) is 2.03. The number of nitrogens with zero attached hydrogens (tertiary/aromatic N) is 5. The highest BCUT2D eigenvalue weighted by molar-refractivity contribution is 5.99. The summed E-state index contributed by atoms with van der Waals surface area (Å²) in [4.78, 5) is 4.45. The quantitative estimate of drug-likeness (QED) is 0.722. The van der Waals surface area contributed by atoms with E-state index in [0.29, 0.717) is 5.57 Å². The van der Waals surface area contributed by atoms with Crippen LogP contribution in [0.4, 0.5) is 5.69 Å². The van der Waals surface area contributed by atoms with Crippen LogP contribution in [-0.4, -0.2) is 39.5 Å². The summed E-state index contributed by atoms with van der Waals surface area (Å²) >= 11 is 0. The summed E-state index contributed by atoms with van der Waals surface area (Å²) in [5.74, 6) is 1.19. The van der Waals surface area contributed by atoms with Crippen molar-refractivity contribution in [1.29, 1.82) is 5.26 Å². The highest BCUT2D eigenvalue weighted by Crippen LogP contribution is 2.13. The monoisotopic (exact) mass is 294 g/mol. The van der Waals surface area contributed by atoms with E-state index in [4.69, 9.17) is 5.26 Å². The minimum absolute atomic E-state index is 0.257. The van der Waals surface area contributed by atoms with Crippen molar-refractivity contribution in [2.24, 2.45) is 4.99 Å². The Morgan fingerprint density at radius 2 is 2.18 bits per heavy atom. The number of nitriles is 1. The van der Waals surface area contributed by atoms with Crippen molar-refractivity contribution in [3.63, 3.8) is 0 Å². The molecule has 0 spiro atoms. The average Bonchev–Trinajstić information content (AvgIpc) is 3.11. The van der Waals surface area contributed by atoms with E-state index in [2.05, 4.69) is 36.3 Å². The Morgan fingerprint density at radius 1 is 1.32 bits per heavy atom. The highest BCUT2D eigenvalue weighted by atomic mass is 15.5. The summed E-state index contributed by atoms with van der Waals surface area (Å²) in [7, 11) is 0. The van der Waals surface area contributed by atoms with Gasteiger partial charge in [0.25, 0.3) is 0 Å². The van der Waals surface area contributed by atoms with Gasteiger partial charge in [-0.25, -0.2) is 0 Å². The van der Waals surface area contributed by atoms with Gasteiger partial charge in [-0.1, -0.05) is 0 Å². The fraction of sp³-hybridized carbons (Fsp3) is 0.214. The third-order valence-corrected chi connectivity index (χ3v) is 3.15. The first kappa shape index (κ1) is 13.8. The molecule has 22 heavy (non-hydrogen) atoms. The number of rotatable bonds is 4. The summed E-state index contributed by atoms with van der Waals surface area (Å²) < 4.78 is 0. The maximum Gasteiger partial charge on any atom is 0.216 e. The van der Waals surface area contributed by atoms with E-state index >= 15 is 0 Å². The lowest BCUT2D eigenvalue weighted by Crippen LogP contribution is -2.30. The maximum absolute atomic E-state index is 9.09. The molecule has 0 radical (unpaired) electrons. The molecular formula is C14H14N8. The predicted octanol–water partition coefficient (Wildman–Crippen LogP) is 0.916. The minimum Gasteiger partial charge on any atom is -0.370 e. The molecule has 0 saturated carbocycles. The van der Waals surface area contributed by atoms with Gasteiger partial charge in [-0.15, -0.1) is 10.2 Å². The number of hydrogen-bond acceptors (Lipinski definition) is 7. The Balaban J connectivity index is 1.71. The lowest BCUT2D eigenvalue weighted by atomic mass is 10.1. The molecule has 8 heteroatoms. The zero-order valence-electron chi connectivity index (χ0n) is 11.7. The van der Waals surface area contributed by atoms with E-state index in [1.54, 1.807) is 6.20 Å². The third kappa shape index (κ3) is 3.09. The highest BCUT2D eigenvalue weighted by Gasteiger charge is 2.07. The van der Waals surface area contributed by atoms with Gasteiger partial charge in [0.05, 0.1) is 0 Å². The fourth-order valence-corrected chi connectivity index (χ4v) is 2.03. The van der Waals surface area contributed by atoms with E-state index in [1.165, 1.54) is 0 Å². The second-order valence-electron chi connectivity index (χ2n) is 4.64. The number of allylic oxidation sites excluding steroid dienone is 1. The maximum atomic E-state index is 9.09. The molecule has 0 aliphatic carbocycles. The van der Waals surface area contributed by atoms with Crippen molar-refractivity contribution in [3.8, 4) is 6.07 Å². The summed E-state index contributed by atoms with van der Waals surface area (Å²) in [6.45, 7) is 1.82. The summed E-state index contributed by atoms with van der Waals surface area (Å²) in [6.07, 6.45) is 2.62. The second kappa shape index (κ2) is 6.49. The number of H-pyrrole nitrogens is 1. The van der Waals surface area contributed by atoms with Crippen molar-refractivity contribution >= 4 is 17.1 Å². The van der Waals surface area contributed by atoms with Crippen LogP contribution in [0, 0.1) is 11.3 Å². The van der Waals surface area contributed by atoms with Gasteiger partial charge in [0.1, 0.15) is 17.5 Å². The Labute approximate surface area is 127 Å². The Bertz CT molecular complexity index is 721. The molecule has 0 amide bonds. The van der Waals surface area contributed by atoms with Gasteiger partial charge in [0.15, 0.2) is 0 Å². The van der Waals surface area contributed by atoms with Crippen molar-refractivity contribution < 1.29 is 0 Å². The molecule has 3 rings (SSSR count). The minimum atomic E-state index is 0.257. The number of benzene rings is 1.